The predicted molar refractivity (Wildman–Crippen MR) is 88.8 cm³/mol. The number of benzene rings is 2. The van der Waals surface area contributed by atoms with Crippen molar-refractivity contribution in [2.24, 2.45) is 0 Å². The average Bonchev–Trinajstić information content (AvgIpc) is 3.29. The van der Waals surface area contributed by atoms with E-state index in [9.17, 15) is 9.18 Å². The zero-order valence-electron chi connectivity index (χ0n) is 13.8. The number of likely N-dealkylation sites (tertiary alicyclic amines) is 1. The Labute approximate surface area is 144 Å². The number of rotatable bonds is 3. The highest BCUT2D eigenvalue weighted by Crippen LogP contribution is 2.37. The van der Waals surface area contributed by atoms with Crippen LogP contribution in [0.4, 0.5) is 4.39 Å². The lowest BCUT2D eigenvalue weighted by atomic mass is 9.98. The Bertz CT molecular complexity index is 823. The largest absolute Gasteiger partial charge is 0.494 e. The molecule has 2 aliphatic heterocycles. The van der Waals surface area contributed by atoms with Crippen molar-refractivity contribution in [1.29, 1.82) is 0 Å². The van der Waals surface area contributed by atoms with E-state index < -0.39 is 5.82 Å². The molecule has 0 saturated carbocycles. The van der Waals surface area contributed by atoms with Crippen LogP contribution in [0.1, 0.15) is 28.3 Å². The van der Waals surface area contributed by atoms with Gasteiger partial charge in [0, 0.05) is 24.6 Å². The SMILES string of the molecule is COc1ccc(C(=O)N2CC[C@H](c3ccc4c(c3)OCO4)C2)cc1F. The summed E-state index contributed by atoms with van der Waals surface area (Å²) < 4.78 is 29.5. The molecule has 0 unspecified atom stereocenters. The highest BCUT2D eigenvalue weighted by atomic mass is 19.1. The minimum Gasteiger partial charge on any atom is -0.494 e. The Morgan fingerprint density at radius 2 is 2.04 bits per heavy atom. The van der Waals surface area contributed by atoms with Crippen molar-refractivity contribution < 1.29 is 23.4 Å². The van der Waals surface area contributed by atoms with Gasteiger partial charge in [-0.3, -0.25) is 4.79 Å². The van der Waals surface area contributed by atoms with Gasteiger partial charge in [0.1, 0.15) is 0 Å². The van der Waals surface area contributed by atoms with Crippen molar-refractivity contribution in [3.8, 4) is 17.2 Å². The molecule has 2 aliphatic rings. The van der Waals surface area contributed by atoms with E-state index in [2.05, 4.69) is 0 Å². The molecule has 0 N–H and O–H groups in total. The number of hydrogen-bond donors (Lipinski definition) is 0. The third-order valence-corrected chi connectivity index (χ3v) is 4.74. The monoisotopic (exact) mass is 343 g/mol. The fourth-order valence-electron chi connectivity index (χ4n) is 3.37. The Hall–Kier alpha value is -2.76. The van der Waals surface area contributed by atoms with Crippen LogP contribution < -0.4 is 14.2 Å². The van der Waals surface area contributed by atoms with E-state index in [4.69, 9.17) is 14.2 Å². The molecule has 1 saturated heterocycles. The van der Waals surface area contributed by atoms with Crippen LogP contribution in [0.15, 0.2) is 36.4 Å². The first-order valence-electron chi connectivity index (χ1n) is 8.18. The van der Waals surface area contributed by atoms with Gasteiger partial charge in [0.25, 0.3) is 5.91 Å². The fraction of sp³-hybridized carbons (Fsp3) is 0.316. The van der Waals surface area contributed by atoms with E-state index >= 15 is 0 Å². The number of methoxy groups -OCH3 is 1. The van der Waals surface area contributed by atoms with E-state index in [0.717, 1.165) is 23.5 Å². The standard InChI is InChI=1S/C19H18FNO4/c1-23-16-4-3-13(8-15(16)20)19(22)21-7-6-14(10-21)12-2-5-17-18(9-12)25-11-24-17/h2-5,8-9,14H,6-7,10-11H2,1H3/t14-/m0/s1. The minimum absolute atomic E-state index is 0.135. The number of carbonyl (C=O) groups is 1. The molecular weight excluding hydrogens is 325 g/mol. The molecule has 2 aromatic carbocycles. The van der Waals surface area contributed by atoms with Gasteiger partial charge in [-0.25, -0.2) is 4.39 Å². The highest BCUT2D eigenvalue weighted by molar-refractivity contribution is 5.94. The topological polar surface area (TPSA) is 48.0 Å². The van der Waals surface area contributed by atoms with E-state index in [0.29, 0.717) is 18.7 Å². The van der Waals surface area contributed by atoms with Crippen molar-refractivity contribution in [2.75, 3.05) is 27.0 Å². The lowest BCUT2D eigenvalue weighted by molar-refractivity contribution is 0.0790. The van der Waals surface area contributed by atoms with E-state index in [1.807, 2.05) is 18.2 Å². The average molecular weight is 343 g/mol. The van der Waals surface area contributed by atoms with Crippen LogP contribution in [0.5, 0.6) is 17.2 Å². The lowest BCUT2D eigenvalue weighted by Crippen LogP contribution is -2.28. The number of fused-ring (bicyclic) bond motifs is 1. The number of amides is 1. The number of hydrogen-bond acceptors (Lipinski definition) is 4. The number of nitrogens with zero attached hydrogens (tertiary/aromatic N) is 1. The zero-order chi connectivity index (χ0) is 17.4. The Kier molecular flexibility index (Phi) is 3.95. The highest BCUT2D eigenvalue weighted by Gasteiger charge is 2.29. The molecule has 0 bridgehead atoms. The van der Waals surface area contributed by atoms with E-state index in [-0.39, 0.29) is 24.4 Å². The summed E-state index contributed by atoms with van der Waals surface area (Å²) in [6, 6.07) is 10.2. The van der Waals surface area contributed by atoms with Gasteiger partial charge >= 0.3 is 0 Å². The third kappa shape index (κ3) is 2.88. The van der Waals surface area contributed by atoms with Crippen molar-refractivity contribution >= 4 is 5.91 Å². The molecule has 1 amide bonds. The summed E-state index contributed by atoms with van der Waals surface area (Å²) in [5.41, 5.74) is 1.46. The van der Waals surface area contributed by atoms with Crippen LogP contribution in [-0.2, 0) is 0 Å². The first kappa shape index (κ1) is 15.7. The summed E-state index contributed by atoms with van der Waals surface area (Å²) in [5.74, 6) is 1.19. The quantitative estimate of drug-likeness (QED) is 0.859. The van der Waals surface area contributed by atoms with E-state index in [1.54, 1.807) is 11.0 Å². The second kappa shape index (κ2) is 6.27. The molecule has 0 aliphatic carbocycles. The summed E-state index contributed by atoms with van der Waals surface area (Å²) in [7, 11) is 1.40. The second-order valence-electron chi connectivity index (χ2n) is 6.20. The summed E-state index contributed by atoms with van der Waals surface area (Å²) in [4.78, 5) is 14.4. The Balaban J connectivity index is 1.48. The molecule has 1 fully saturated rings. The summed E-state index contributed by atoms with van der Waals surface area (Å²) >= 11 is 0. The molecule has 4 rings (SSSR count). The second-order valence-corrected chi connectivity index (χ2v) is 6.20. The number of halogens is 1. The van der Waals surface area contributed by atoms with Gasteiger partial charge in [-0.05, 0) is 42.3 Å². The molecule has 0 radical (unpaired) electrons. The molecule has 25 heavy (non-hydrogen) atoms. The van der Waals surface area contributed by atoms with Gasteiger partial charge in [-0.15, -0.1) is 0 Å². The lowest BCUT2D eigenvalue weighted by Gasteiger charge is -2.17. The van der Waals surface area contributed by atoms with Gasteiger partial charge in [0.15, 0.2) is 23.1 Å². The predicted octanol–water partition coefficient (Wildman–Crippen LogP) is 3.19. The number of ether oxygens (including phenoxy) is 3. The van der Waals surface area contributed by atoms with Crippen LogP contribution in [-0.4, -0.2) is 37.8 Å². The molecule has 6 heteroatoms. The molecule has 1 atom stereocenters. The van der Waals surface area contributed by atoms with E-state index in [1.165, 1.54) is 19.2 Å². The molecule has 130 valence electrons. The normalized spacial score (nSPS) is 18.5. The van der Waals surface area contributed by atoms with Crippen molar-refractivity contribution in [3.05, 3.63) is 53.3 Å². The minimum atomic E-state index is -0.528. The van der Waals surface area contributed by atoms with Gasteiger partial charge in [-0.2, -0.15) is 0 Å². The van der Waals surface area contributed by atoms with Crippen LogP contribution in [0, 0.1) is 5.82 Å². The smallest absolute Gasteiger partial charge is 0.253 e. The molecular formula is C19H18FNO4. The van der Waals surface area contributed by atoms with Crippen LogP contribution in [0.2, 0.25) is 0 Å². The van der Waals surface area contributed by atoms with Crippen molar-refractivity contribution in [1.82, 2.24) is 4.90 Å². The molecule has 5 nitrogen and oxygen atoms in total. The van der Waals surface area contributed by atoms with Crippen LogP contribution >= 0.6 is 0 Å². The van der Waals surface area contributed by atoms with Gasteiger partial charge < -0.3 is 19.1 Å². The van der Waals surface area contributed by atoms with Crippen molar-refractivity contribution in [3.63, 3.8) is 0 Å². The van der Waals surface area contributed by atoms with Crippen molar-refractivity contribution in [2.45, 2.75) is 12.3 Å². The van der Waals surface area contributed by atoms with Gasteiger partial charge in [0.05, 0.1) is 7.11 Å². The van der Waals surface area contributed by atoms with Gasteiger partial charge in [0.2, 0.25) is 6.79 Å². The van der Waals surface area contributed by atoms with Crippen LogP contribution in [0.3, 0.4) is 0 Å². The Morgan fingerprint density at radius 1 is 1.20 bits per heavy atom. The maximum atomic E-state index is 13.8. The third-order valence-electron chi connectivity index (χ3n) is 4.74. The summed E-state index contributed by atoms with van der Waals surface area (Å²) in [6.45, 7) is 1.49. The molecule has 2 heterocycles. The van der Waals surface area contributed by atoms with Gasteiger partial charge in [-0.1, -0.05) is 6.07 Å². The molecule has 2 aromatic rings. The number of carbonyl (C=O) groups excluding carboxylic acids is 1. The summed E-state index contributed by atoms with van der Waals surface area (Å²) in [6.07, 6.45) is 0.865. The maximum Gasteiger partial charge on any atom is 0.253 e. The van der Waals surface area contributed by atoms with Crippen LogP contribution in [0.25, 0.3) is 0 Å². The first-order chi connectivity index (χ1) is 12.2. The first-order valence-corrected chi connectivity index (χ1v) is 8.18. The molecule has 0 spiro atoms. The maximum absolute atomic E-state index is 13.8. The summed E-state index contributed by atoms with van der Waals surface area (Å²) in [5, 5.41) is 0. The molecule has 0 aromatic heterocycles. The Morgan fingerprint density at radius 3 is 2.84 bits per heavy atom. The fourth-order valence-corrected chi connectivity index (χ4v) is 3.37. The zero-order valence-corrected chi connectivity index (χ0v) is 13.8.